The van der Waals surface area contributed by atoms with E-state index in [-0.39, 0.29) is 22.0 Å². The van der Waals surface area contributed by atoms with Crippen LogP contribution in [0.2, 0.25) is 0 Å². The highest BCUT2D eigenvalue weighted by Crippen LogP contribution is 2.31. The average Bonchev–Trinajstić information content (AvgIpc) is 3.23. The molecular weight excluding hydrogens is 436 g/mol. The molecule has 0 saturated heterocycles. The first kappa shape index (κ1) is 23.1. The number of sulfonamides is 2. The zero-order chi connectivity index (χ0) is 23.0. The molecule has 9 heteroatoms. The summed E-state index contributed by atoms with van der Waals surface area (Å²) in [4.78, 5) is 0.168. The Kier molecular flexibility index (Phi) is 6.31. The van der Waals surface area contributed by atoms with Crippen molar-refractivity contribution in [2.75, 3.05) is 4.72 Å². The van der Waals surface area contributed by atoms with Crippen molar-refractivity contribution in [2.45, 2.75) is 51.0 Å². The molecule has 0 aliphatic rings. The highest BCUT2D eigenvalue weighted by Gasteiger charge is 2.24. The topological polar surface area (TPSA) is 105 Å². The minimum atomic E-state index is -3.93. The van der Waals surface area contributed by atoms with Crippen LogP contribution in [0.3, 0.4) is 0 Å². The first-order chi connectivity index (χ1) is 14.4. The van der Waals surface area contributed by atoms with Crippen molar-refractivity contribution in [3.05, 3.63) is 76.2 Å². The molecule has 2 aromatic carbocycles. The van der Waals surface area contributed by atoms with E-state index in [2.05, 4.69) is 9.44 Å². The van der Waals surface area contributed by atoms with Crippen molar-refractivity contribution in [3.63, 3.8) is 0 Å². The predicted octanol–water partition coefficient (Wildman–Crippen LogP) is 4.10. The van der Waals surface area contributed by atoms with Crippen molar-refractivity contribution in [1.29, 1.82) is 0 Å². The molecule has 0 radical (unpaired) electrons. The van der Waals surface area contributed by atoms with E-state index in [1.165, 1.54) is 30.5 Å². The molecule has 166 valence electrons. The smallest absolute Gasteiger partial charge is 0.262 e. The third-order valence-electron chi connectivity index (χ3n) is 5.61. The standard InChI is InChI=1S/C22H26N2O5S2/c1-14-15(2)17(4)22(18(5)16(14)3)31(27,28)24-19-8-6-10-21(12-19)30(25,26)23-13-20-9-7-11-29-20/h6-12,23-24H,13H2,1-5H3. The van der Waals surface area contributed by atoms with E-state index in [0.29, 0.717) is 16.9 Å². The predicted molar refractivity (Wildman–Crippen MR) is 120 cm³/mol. The van der Waals surface area contributed by atoms with E-state index in [1.807, 2.05) is 20.8 Å². The Morgan fingerprint density at radius 2 is 1.39 bits per heavy atom. The van der Waals surface area contributed by atoms with E-state index in [4.69, 9.17) is 4.42 Å². The van der Waals surface area contributed by atoms with Crippen molar-refractivity contribution in [1.82, 2.24) is 4.72 Å². The van der Waals surface area contributed by atoms with Gasteiger partial charge in [-0.25, -0.2) is 21.6 Å². The Bertz CT molecular complexity index is 1300. The lowest BCUT2D eigenvalue weighted by atomic mass is 9.95. The van der Waals surface area contributed by atoms with Crippen LogP contribution in [0, 0.1) is 34.6 Å². The highest BCUT2D eigenvalue weighted by atomic mass is 32.2. The van der Waals surface area contributed by atoms with Gasteiger partial charge in [-0.15, -0.1) is 0 Å². The number of anilines is 1. The van der Waals surface area contributed by atoms with Crippen molar-refractivity contribution >= 4 is 25.7 Å². The van der Waals surface area contributed by atoms with Gasteiger partial charge in [-0.1, -0.05) is 6.07 Å². The number of benzene rings is 2. The van der Waals surface area contributed by atoms with Gasteiger partial charge in [0.15, 0.2) is 0 Å². The SMILES string of the molecule is Cc1c(C)c(C)c(S(=O)(=O)Nc2cccc(S(=O)(=O)NCc3ccco3)c2)c(C)c1C. The van der Waals surface area contributed by atoms with Gasteiger partial charge in [0.1, 0.15) is 5.76 Å². The zero-order valence-electron chi connectivity index (χ0n) is 18.1. The molecule has 31 heavy (non-hydrogen) atoms. The second kappa shape index (κ2) is 8.49. The molecule has 0 fully saturated rings. The van der Waals surface area contributed by atoms with E-state index < -0.39 is 20.0 Å². The Balaban J connectivity index is 1.92. The van der Waals surface area contributed by atoms with Gasteiger partial charge in [0.05, 0.1) is 28.3 Å². The molecule has 0 amide bonds. The summed E-state index contributed by atoms with van der Waals surface area (Å²) in [6.45, 7) is 9.32. The fourth-order valence-electron chi connectivity index (χ4n) is 3.46. The maximum atomic E-state index is 13.2. The van der Waals surface area contributed by atoms with Crippen molar-refractivity contribution in [2.24, 2.45) is 0 Å². The fourth-order valence-corrected chi connectivity index (χ4v) is 6.15. The summed E-state index contributed by atoms with van der Waals surface area (Å²) < 4.78 is 61.8. The lowest BCUT2D eigenvalue weighted by Crippen LogP contribution is -2.23. The molecule has 3 rings (SSSR count). The molecule has 2 N–H and O–H groups in total. The van der Waals surface area contributed by atoms with Gasteiger partial charge < -0.3 is 4.42 Å². The number of hydrogen-bond donors (Lipinski definition) is 2. The third kappa shape index (κ3) is 4.68. The van der Waals surface area contributed by atoms with Gasteiger partial charge in [-0.3, -0.25) is 4.72 Å². The van der Waals surface area contributed by atoms with Crippen LogP contribution in [-0.2, 0) is 26.6 Å². The molecular formula is C22H26N2O5S2. The second-order valence-electron chi connectivity index (χ2n) is 7.49. The van der Waals surface area contributed by atoms with Gasteiger partial charge in [-0.05, 0) is 92.8 Å². The number of hydrogen-bond acceptors (Lipinski definition) is 5. The first-order valence-corrected chi connectivity index (χ1v) is 12.6. The largest absolute Gasteiger partial charge is 0.468 e. The van der Waals surface area contributed by atoms with E-state index in [9.17, 15) is 16.8 Å². The lowest BCUT2D eigenvalue weighted by Gasteiger charge is -2.19. The summed E-state index contributed by atoms with van der Waals surface area (Å²) in [6.07, 6.45) is 1.46. The van der Waals surface area contributed by atoms with Crippen LogP contribution in [0.1, 0.15) is 33.6 Å². The molecule has 0 atom stereocenters. The fraction of sp³-hybridized carbons (Fsp3) is 0.273. The van der Waals surface area contributed by atoms with E-state index in [1.54, 1.807) is 26.0 Å². The van der Waals surface area contributed by atoms with Crippen LogP contribution >= 0.6 is 0 Å². The third-order valence-corrected chi connectivity index (χ3v) is 8.67. The van der Waals surface area contributed by atoms with Gasteiger partial charge >= 0.3 is 0 Å². The van der Waals surface area contributed by atoms with Crippen LogP contribution in [-0.4, -0.2) is 16.8 Å². The molecule has 1 heterocycles. The van der Waals surface area contributed by atoms with Crippen LogP contribution in [0.25, 0.3) is 0 Å². The quantitative estimate of drug-likeness (QED) is 0.550. The molecule has 0 spiro atoms. The van der Waals surface area contributed by atoms with Gasteiger partial charge in [-0.2, -0.15) is 0 Å². The van der Waals surface area contributed by atoms with Crippen LogP contribution in [0.15, 0.2) is 56.9 Å². The van der Waals surface area contributed by atoms with Crippen molar-refractivity contribution in [3.8, 4) is 0 Å². The Morgan fingerprint density at radius 1 is 0.774 bits per heavy atom. The molecule has 0 aliphatic carbocycles. The van der Waals surface area contributed by atoms with Crippen LogP contribution in [0.4, 0.5) is 5.69 Å². The summed E-state index contributed by atoms with van der Waals surface area (Å²) in [5.41, 5.74) is 4.41. The Morgan fingerprint density at radius 3 is 1.97 bits per heavy atom. The number of nitrogens with one attached hydrogen (secondary N) is 2. The van der Waals surface area contributed by atoms with E-state index >= 15 is 0 Å². The minimum Gasteiger partial charge on any atom is -0.468 e. The Hall–Kier alpha value is -2.62. The summed E-state index contributed by atoms with van der Waals surface area (Å²) in [7, 11) is -7.79. The summed E-state index contributed by atoms with van der Waals surface area (Å²) >= 11 is 0. The minimum absolute atomic E-state index is 0.00834. The average molecular weight is 463 g/mol. The first-order valence-electron chi connectivity index (χ1n) is 9.66. The summed E-state index contributed by atoms with van der Waals surface area (Å²) in [5.74, 6) is 0.469. The van der Waals surface area contributed by atoms with Gasteiger partial charge in [0.2, 0.25) is 10.0 Å². The maximum absolute atomic E-state index is 13.2. The van der Waals surface area contributed by atoms with E-state index in [0.717, 1.165) is 16.7 Å². The monoisotopic (exact) mass is 462 g/mol. The summed E-state index contributed by atoms with van der Waals surface area (Å²) in [5, 5.41) is 0. The van der Waals surface area contributed by atoms with Gasteiger partial charge in [0.25, 0.3) is 10.0 Å². The molecule has 0 unspecified atom stereocenters. The molecule has 0 bridgehead atoms. The Labute approximate surface area is 183 Å². The van der Waals surface area contributed by atoms with Crippen LogP contribution < -0.4 is 9.44 Å². The molecule has 1 aromatic heterocycles. The normalized spacial score (nSPS) is 12.2. The number of rotatable bonds is 7. The van der Waals surface area contributed by atoms with Crippen molar-refractivity contribution < 1.29 is 21.3 Å². The summed E-state index contributed by atoms with van der Waals surface area (Å²) in [6, 6.07) is 9.02. The molecule has 7 nitrogen and oxygen atoms in total. The lowest BCUT2D eigenvalue weighted by molar-refractivity contribution is 0.498. The highest BCUT2D eigenvalue weighted by molar-refractivity contribution is 7.92. The van der Waals surface area contributed by atoms with Crippen LogP contribution in [0.5, 0.6) is 0 Å². The second-order valence-corrected chi connectivity index (χ2v) is 10.9. The molecule has 3 aromatic rings. The zero-order valence-corrected chi connectivity index (χ0v) is 19.7. The molecule has 0 saturated carbocycles. The maximum Gasteiger partial charge on any atom is 0.262 e. The van der Waals surface area contributed by atoms with Gasteiger partial charge in [0, 0.05) is 0 Å². The molecule has 0 aliphatic heterocycles. The number of furan rings is 1.